The van der Waals surface area contributed by atoms with Gasteiger partial charge in [-0.05, 0) is 47.2 Å². The lowest BCUT2D eigenvalue weighted by atomic mass is 10.2. The summed E-state index contributed by atoms with van der Waals surface area (Å²) in [6, 6.07) is 5.31. The SMILES string of the molecule is CC(Br)CCNC(=O)c1cc(Cl)ccc1I. The van der Waals surface area contributed by atoms with Gasteiger partial charge < -0.3 is 5.32 Å². The van der Waals surface area contributed by atoms with Crippen LogP contribution >= 0.6 is 50.1 Å². The first kappa shape index (κ1) is 14.3. The molecule has 0 aromatic heterocycles. The first-order chi connectivity index (χ1) is 7.50. The molecule has 1 aromatic carbocycles. The van der Waals surface area contributed by atoms with Crippen molar-refractivity contribution in [3.05, 3.63) is 32.4 Å². The minimum atomic E-state index is -0.0694. The van der Waals surface area contributed by atoms with Crippen LogP contribution in [0, 0.1) is 3.57 Å². The molecule has 0 radical (unpaired) electrons. The second-order valence-corrected chi connectivity index (χ2v) is 6.61. The van der Waals surface area contributed by atoms with Crippen LogP contribution in [0.1, 0.15) is 23.7 Å². The van der Waals surface area contributed by atoms with Crippen LogP contribution in [-0.2, 0) is 0 Å². The zero-order valence-corrected chi connectivity index (χ0v) is 13.3. The normalized spacial score (nSPS) is 12.2. The molecule has 5 heteroatoms. The van der Waals surface area contributed by atoms with Crippen molar-refractivity contribution < 1.29 is 4.79 Å². The minimum absolute atomic E-state index is 0.0694. The molecule has 0 heterocycles. The highest BCUT2D eigenvalue weighted by atomic mass is 127. The van der Waals surface area contributed by atoms with Crippen LogP contribution in [0.5, 0.6) is 0 Å². The summed E-state index contributed by atoms with van der Waals surface area (Å²) < 4.78 is 0.909. The van der Waals surface area contributed by atoms with Crippen LogP contribution in [0.15, 0.2) is 18.2 Å². The van der Waals surface area contributed by atoms with Crippen LogP contribution in [0.4, 0.5) is 0 Å². The third kappa shape index (κ3) is 4.59. The lowest BCUT2D eigenvalue weighted by Gasteiger charge is -2.08. The Morgan fingerprint density at radius 2 is 2.31 bits per heavy atom. The van der Waals surface area contributed by atoms with Crippen molar-refractivity contribution >= 4 is 56.0 Å². The van der Waals surface area contributed by atoms with E-state index in [2.05, 4.69) is 50.8 Å². The number of carbonyl (C=O) groups excluding carboxylic acids is 1. The number of rotatable bonds is 4. The van der Waals surface area contributed by atoms with E-state index in [1.165, 1.54) is 0 Å². The molecule has 1 unspecified atom stereocenters. The summed E-state index contributed by atoms with van der Waals surface area (Å²) in [7, 11) is 0. The highest BCUT2D eigenvalue weighted by Crippen LogP contribution is 2.17. The van der Waals surface area contributed by atoms with Crippen LogP contribution in [-0.4, -0.2) is 17.3 Å². The Morgan fingerprint density at radius 1 is 1.62 bits per heavy atom. The summed E-state index contributed by atoms with van der Waals surface area (Å²) in [6.07, 6.45) is 0.906. The minimum Gasteiger partial charge on any atom is -0.352 e. The molecule has 0 aliphatic rings. The smallest absolute Gasteiger partial charge is 0.252 e. The number of hydrogen-bond acceptors (Lipinski definition) is 1. The third-order valence-electron chi connectivity index (χ3n) is 2.00. The van der Waals surface area contributed by atoms with E-state index >= 15 is 0 Å². The highest BCUT2D eigenvalue weighted by Gasteiger charge is 2.10. The monoisotopic (exact) mass is 415 g/mol. The number of hydrogen-bond donors (Lipinski definition) is 1. The van der Waals surface area contributed by atoms with E-state index in [9.17, 15) is 4.79 Å². The zero-order chi connectivity index (χ0) is 12.1. The predicted molar refractivity (Wildman–Crippen MR) is 79.5 cm³/mol. The Hall–Kier alpha value is 0.190. The molecule has 1 atom stereocenters. The van der Waals surface area contributed by atoms with Crippen LogP contribution in [0.2, 0.25) is 5.02 Å². The average molecular weight is 416 g/mol. The maximum atomic E-state index is 11.8. The summed E-state index contributed by atoms with van der Waals surface area (Å²) in [5, 5.41) is 3.45. The molecule has 16 heavy (non-hydrogen) atoms. The number of nitrogens with one attached hydrogen (secondary N) is 1. The van der Waals surface area contributed by atoms with Gasteiger partial charge in [-0.1, -0.05) is 34.5 Å². The Balaban J connectivity index is 2.62. The van der Waals surface area contributed by atoms with Gasteiger partial charge in [-0.15, -0.1) is 0 Å². The fourth-order valence-corrected chi connectivity index (χ4v) is 2.13. The number of carbonyl (C=O) groups is 1. The van der Waals surface area contributed by atoms with Gasteiger partial charge in [-0.25, -0.2) is 0 Å². The van der Waals surface area contributed by atoms with Crippen molar-refractivity contribution in [3.63, 3.8) is 0 Å². The molecule has 0 spiro atoms. The van der Waals surface area contributed by atoms with Crippen LogP contribution in [0.3, 0.4) is 0 Å². The van der Waals surface area contributed by atoms with Gasteiger partial charge in [0.1, 0.15) is 0 Å². The maximum Gasteiger partial charge on any atom is 0.252 e. The highest BCUT2D eigenvalue weighted by molar-refractivity contribution is 14.1. The second-order valence-electron chi connectivity index (χ2n) is 3.45. The molecule has 0 saturated carbocycles. The fourth-order valence-electron chi connectivity index (χ4n) is 1.15. The van der Waals surface area contributed by atoms with E-state index in [-0.39, 0.29) is 5.91 Å². The fraction of sp³-hybridized carbons (Fsp3) is 0.364. The number of halogens is 3. The molecule has 0 aliphatic carbocycles. The average Bonchev–Trinajstić information content (AvgIpc) is 2.21. The van der Waals surface area contributed by atoms with E-state index in [4.69, 9.17) is 11.6 Å². The molecule has 0 bridgehead atoms. The largest absolute Gasteiger partial charge is 0.352 e. The van der Waals surface area contributed by atoms with Gasteiger partial charge in [0.25, 0.3) is 5.91 Å². The Bertz CT molecular complexity index is 384. The summed E-state index contributed by atoms with van der Waals surface area (Å²) in [4.78, 5) is 12.2. The summed E-state index contributed by atoms with van der Waals surface area (Å²) >= 11 is 11.4. The molecule has 1 rings (SSSR count). The van der Waals surface area contributed by atoms with Gasteiger partial charge in [0, 0.05) is 20.0 Å². The van der Waals surface area contributed by atoms with Crippen LogP contribution < -0.4 is 5.32 Å². The van der Waals surface area contributed by atoms with E-state index in [0.29, 0.717) is 22.0 Å². The molecular weight excluding hydrogens is 404 g/mol. The quantitative estimate of drug-likeness (QED) is 0.586. The van der Waals surface area contributed by atoms with Crippen molar-refractivity contribution in [2.24, 2.45) is 0 Å². The van der Waals surface area contributed by atoms with E-state index in [1.807, 2.05) is 6.07 Å². The first-order valence-corrected chi connectivity index (χ1v) is 7.25. The summed E-state index contributed by atoms with van der Waals surface area (Å²) in [5.74, 6) is -0.0694. The summed E-state index contributed by atoms with van der Waals surface area (Å²) in [5.41, 5.74) is 0.635. The zero-order valence-electron chi connectivity index (χ0n) is 8.77. The lowest BCUT2D eigenvalue weighted by Crippen LogP contribution is -2.26. The van der Waals surface area contributed by atoms with Gasteiger partial charge >= 0.3 is 0 Å². The van der Waals surface area contributed by atoms with E-state index < -0.39 is 0 Å². The maximum absolute atomic E-state index is 11.8. The summed E-state index contributed by atoms with van der Waals surface area (Å²) in [6.45, 7) is 2.71. The standard InChI is InChI=1S/C11H12BrClINO/c1-7(12)4-5-15-11(16)9-6-8(13)2-3-10(9)14/h2-3,6-7H,4-5H2,1H3,(H,15,16). The number of amides is 1. The van der Waals surface area contributed by atoms with Gasteiger partial charge in [0.2, 0.25) is 0 Å². The van der Waals surface area contributed by atoms with Crippen LogP contribution in [0.25, 0.3) is 0 Å². The molecular formula is C11H12BrClINO. The topological polar surface area (TPSA) is 29.1 Å². The molecule has 2 nitrogen and oxygen atoms in total. The van der Waals surface area contributed by atoms with Gasteiger partial charge in [-0.2, -0.15) is 0 Å². The second kappa shape index (κ2) is 6.81. The van der Waals surface area contributed by atoms with Gasteiger partial charge in [-0.3, -0.25) is 4.79 Å². The molecule has 1 N–H and O–H groups in total. The number of alkyl halides is 1. The first-order valence-electron chi connectivity index (χ1n) is 4.88. The molecule has 88 valence electrons. The third-order valence-corrected chi connectivity index (χ3v) is 3.63. The molecule has 1 amide bonds. The lowest BCUT2D eigenvalue weighted by molar-refractivity contribution is 0.0952. The van der Waals surface area contributed by atoms with E-state index in [1.54, 1.807) is 12.1 Å². The molecule has 0 aliphatic heterocycles. The van der Waals surface area contributed by atoms with Crippen molar-refractivity contribution in [2.45, 2.75) is 18.2 Å². The van der Waals surface area contributed by atoms with Gasteiger partial charge in [0.05, 0.1) is 5.56 Å². The molecule has 1 aromatic rings. The van der Waals surface area contributed by atoms with Crippen molar-refractivity contribution in [3.8, 4) is 0 Å². The number of benzene rings is 1. The van der Waals surface area contributed by atoms with Gasteiger partial charge in [0.15, 0.2) is 0 Å². The van der Waals surface area contributed by atoms with E-state index in [0.717, 1.165) is 9.99 Å². The Labute approximate surface area is 122 Å². The Kier molecular flexibility index (Phi) is 6.07. The molecule has 0 saturated heterocycles. The van der Waals surface area contributed by atoms with Crippen molar-refractivity contribution in [1.29, 1.82) is 0 Å². The molecule has 0 fully saturated rings. The van der Waals surface area contributed by atoms with Crippen molar-refractivity contribution in [2.75, 3.05) is 6.54 Å². The predicted octanol–water partition coefficient (Wildman–Crippen LogP) is 3.85. The van der Waals surface area contributed by atoms with Crippen molar-refractivity contribution in [1.82, 2.24) is 5.32 Å². The Morgan fingerprint density at radius 3 is 2.94 bits per heavy atom.